The smallest absolute Gasteiger partial charge is 0.318 e. The summed E-state index contributed by atoms with van der Waals surface area (Å²) in [6.45, 7) is 6.45. The van der Waals surface area contributed by atoms with E-state index in [1.165, 1.54) is 6.07 Å². The van der Waals surface area contributed by atoms with Crippen molar-refractivity contribution in [1.82, 2.24) is 14.9 Å². The molecule has 3 aromatic rings. The van der Waals surface area contributed by atoms with E-state index in [-0.39, 0.29) is 29.0 Å². The van der Waals surface area contributed by atoms with Gasteiger partial charge in [0.15, 0.2) is 0 Å². The number of aliphatic hydroxyl groups excluding tert-OH is 1. The van der Waals surface area contributed by atoms with Gasteiger partial charge in [-0.1, -0.05) is 13.0 Å². The number of phenolic OH excluding ortho intramolecular Hbond substituents is 1. The highest BCUT2D eigenvalue weighted by Gasteiger charge is 2.44. The summed E-state index contributed by atoms with van der Waals surface area (Å²) >= 11 is 0. The Kier molecular flexibility index (Phi) is 6.93. The molecule has 224 valence electrons. The largest absolute Gasteiger partial charge is 0.508 e. The van der Waals surface area contributed by atoms with Crippen LogP contribution >= 0.6 is 0 Å². The van der Waals surface area contributed by atoms with Gasteiger partial charge in [0, 0.05) is 60.2 Å². The molecule has 2 aliphatic carbocycles. The highest BCUT2D eigenvalue weighted by atomic mass is 19.1. The molecule has 2 aliphatic heterocycles. The van der Waals surface area contributed by atoms with E-state index in [1.807, 2.05) is 6.92 Å². The normalized spacial score (nSPS) is 24.4. The molecule has 2 bridgehead atoms. The lowest BCUT2D eigenvalue weighted by molar-refractivity contribution is 0.137. The Morgan fingerprint density at radius 1 is 1.12 bits per heavy atom. The van der Waals surface area contributed by atoms with Gasteiger partial charge < -0.3 is 29.6 Å². The molecule has 1 aromatic heterocycles. The molecule has 0 amide bonds. The van der Waals surface area contributed by atoms with Gasteiger partial charge in [0.1, 0.15) is 17.4 Å². The van der Waals surface area contributed by atoms with Crippen LogP contribution in [0, 0.1) is 23.1 Å². The van der Waals surface area contributed by atoms with Crippen LogP contribution in [-0.2, 0) is 19.4 Å². The van der Waals surface area contributed by atoms with E-state index in [0.29, 0.717) is 43.6 Å². The van der Waals surface area contributed by atoms with E-state index in [9.17, 15) is 14.6 Å². The number of phenols is 1. The van der Waals surface area contributed by atoms with Crippen molar-refractivity contribution < 1.29 is 19.3 Å². The zero-order chi connectivity index (χ0) is 29.2. The number of ether oxygens (including phenoxy) is 1. The number of fused-ring (bicyclic) bond motifs is 4. The Morgan fingerprint density at radius 3 is 2.69 bits per heavy atom. The first-order valence-electron chi connectivity index (χ1n) is 15.5. The van der Waals surface area contributed by atoms with E-state index >= 15 is 0 Å². The van der Waals surface area contributed by atoms with Gasteiger partial charge in [-0.3, -0.25) is 0 Å². The van der Waals surface area contributed by atoms with E-state index in [4.69, 9.17) is 14.7 Å². The van der Waals surface area contributed by atoms with Gasteiger partial charge in [0.25, 0.3) is 0 Å². The summed E-state index contributed by atoms with van der Waals surface area (Å²) in [4.78, 5) is 16.8. The average Bonchev–Trinajstić information content (AvgIpc) is 3.67. The third-order valence-corrected chi connectivity index (χ3v) is 9.95. The minimum atomic E-state index is -0.239. The Labute approximate surface area is 247 Å². The minimum absolute atomic E-state index is 0.157. The van der Waals surface area contributed by atoms with Crippen LogP contribution in [0.5, 0.6) is 11.8 Å². The highest BCUT2D eigenvalue weighted by molar-refractivity contribution is 5.98. The maximum absolute atomic E-state index is 14.9. The van der Waals surface area contributed by atoms with Gasteiger partial charge in [-0.2, -0.15) is 9.97 Å². The summed E-state index contributed by atoms with van der Waals surface area (Å²) in [6, 6.07) is 7.12. The Balaban J connectivity index is 1.25. The van der Waals surface area contributed by atoms with Gasteiger partial charge >= 0.3 is 6.01 Å². The fourth-order valence-corrected chi connectivity index (χ4v) is 7.81. The molecule has 4 aliphatic rings. The molecular formula is C33H42FN5O3. The van der Waals surface area contributed by atoms with Crippen molar-refractivity contribution in [3.8, 4) is 11.8 Å². The number of aryl methyl sites for hydroxylation is 1. The lowest BCUT2D eigenvalue weighted by Crippen LogP contribution is -2.40. The number of hydrogen-bond donors (Lipinski definition) is 2. The predicted octanol–water partition coefficient (Wildman–Crippen LogP) is 4.53. The fourth-order valence-electron chi connectivity index (χ4n) is 7.81. The third-order valence-electron chi connectivity index (χ3n) is 9.95. The number of aromatic nitrogens is 2. The topological polar surface area (TPSA) is 85.2 Å². The lowest BCUT2D eigenvalue weighted by Gasteiger charge is -2.37. The van der Waals surface area contributed by atoms with E-state index in [1.54, 1.807) is 18.2 Å². The summed E-state index contributed by atoms with van der Waals surface area (Å²) in [5.41, 5.74) is 3.71. The third kappa shape index (κ3) is 5.04. The first kappa shape index (κ1) is 27.7. The SMILES string of the molecule is CCc1c(F)ccc2cc(O)cc(N3CCc4c(nc(OCC5(CN(C)C)CC5)nc4N4CC5CC(O)C(C5)C4)C3)c12. The number of aliphatic hydroxyl groups is 1. The number of nitrogens with zero attached hydrogens (tertiary/aromatic N) is 5. The number of halogens is 1. The van der Waals surface area contributed by atoms with Gasteiger partial charge in [-0.05, 0) is 81.6 Å². The van der Waals surface area contributed by atoms with E-state index in [0.717, 1.165) is 85.3 Å². The van der Waals surface area contributed by atoms with Crippen molar-refractivity contribution in [3.05, 3.63) is 46.9 Å². The van der Waals surface area contributed by atoms with Crippen molar-refractivity contribution in [1.29, 1.82) is 0 Å². The average molecular weight is 576 g/mol. The van der Waals surface area contributed by atoms with Crippen molar-refractivity contribution >= 4 is 22.3 Å². The summed E-state index contributed by atoms with van der Waals surface area (Å²) in [5, 5.41) is 22.9. The lowest BCUT2D eigenvalue weighted by atomic mass is 9.96. The second-order valence-electron chi connectivity index (χ2n) is 13.5. The summed E-state index contributed by atoms with van der Waals surface area (Å²) in [5.74, 6) is 1.64. The number of anilines is 2. The number of aromatic hydroxyl groups is 1. The number of hydrogen-bond acceptors (Lipinski definition) is 8. The molecule has 0 radical (unpaired) electrons. The quantitative estimate of drug-likeness (QED) is 0.406. The van der Waals surface area contributed by atoms with Crippen molar-refractivity contribution in [2.45, 2.75) is 58.1 Å². The maximum atomic E-state index is 14.9. The highest BCUT2D eigenvalue weighted by Crippen LogP contribution is 2.47. The first-order valence-corrected chi connectivity index (χ1v) is 15.5. The van der Waals surface area contributed by atoms with Crippen LogP contribution in [0.1, 0.15) is 49.4 Å². The number of benzene rings is 2. The molecule has 7 rings (SSSR count). The van der Waals surface area contributed by atoms with Crippen LogP contribution in [0.3, 0.4) is 0 Å². The van der Waals surface area contributed by atoms with Gasteiger partial charge in [0.2, 0.25) is 0 Å². The zero-order valence-corrected chi connectivity index (χ0v) is 24.9. The van der Waals surface area contributed by atoms with Crippen LogP contribution < -0.4 is 14.5 Å². The number of rotatable bonds is 8. The molecule has 2 N–H and O–H groups in total. The molecule has 1 saturated heterocycles. The molecule has 0 spiro atoms. The Morgan fingerprint density at radius 2 is 1.95 bits per heavy atom. The second-order valence-corrected chi connectivity index (χ2v) is 13.5. The van der Waals surface area contributed by atoms with Gasteiger partial charge in [-0.15, -0.1) is 0 Å². The molecule has 2 aromatic carbocycles. The van der Waals surface area contributed by atoms with Crippen LogP contribution in [-0.4, -0.2) is 78.1 Å². The summed E-state index contributed by atoms with van der Waals surface area (Å²) < 4.78 is 21.3. The molecule has 42 heavy (non-hydrogen) atoms. The van der Waals surface area contributed by atoms with Crippen molar-refractivity contribution in [2.24, 2.45) is 17.3 Å². The maximum Gasteiger partial charge on any atom is 0.318 e. The standard InChI is InChI=1S/C33H42FN5O3/c1-4-24-26(34)6-5-21-13-23(40)14-28(30(21)24)38-10-7-25-27(17-38)35-32(42-19-33(8-9-33)18-37(2)3)36-31(25)39-15-20-11-22(16-39)29(41)12-20/h5-6,13-14,20,22,29,40-41H,4,7-12,15-19H2,1-3H3. The Hall–Kier alpha value is -3.17. The Bertz CT molecular complexity index is 1510. The zero-order valence-electron chi connectivity index (χ0n) is 24.9. The monoisotopic (exact) mass is 575 g/mol. The minimum Gasteiger partial charge on any atom is -0.508 e. The molecule has 3 unspecified atom stereocenters. The molecule has 9 heteroatoms. The van der Waals surface area contributed by atoms with Crippen LogP contribution in [0.2, 0.25) is 0 Å². The van der Waals surface area contributed by atoms with Gasteiger partial charge in [0.05, 0.1) is 24.9 Å². The molecule has 3 atom stereocenters. The fraction of sp³-hybridized carbons (Fsp3) is 0.576. The molecule has 3 heterocycles. The van der Waals surface area contributed by atoms with Crippen molar-refractivity contribution in [2.75, 3.05) is 56.7 Å². The van der Waals surface area contributed by atoms with E-state index in [2.05, 4.69) is 28.8 Å². The molecule has 2 saturated carbocycles. The second kappa shape index (κ2) is 10.5. The molecular weight excluding hydrogens is 533 g/mol. The van der Waals surface area contributed by atoms with Crippen molar-refractivity contribution in [3.63, 3.8) is 0 Å². The summed E-state index contributed by atoms with van der Waals surface area (Å²) in [6.07, 6.45) is 5.29. The molecule has 8 nitrogen and oxygen atoms in total. The first-order chi connectivity index (χ1) is 20.2. The van der Waals surface area contributed by atoms with Crippen LogP contribution in [0.4, 0.5) is 15.9 Å². The molecule has 3 fully saturated rings. The van der Waals surface area contributed by atoms with Crippen LogP contribution in [0.25, 0.3) is 10.8 Å². The number of piperidine rings is 1. The van der Waals surface area contributed by atoms with Gasteiger partial charge in [-0.25, -0.2) is 4.39 Å². The summed E-state index contributed by atoms with van der Waals surface area (Å²) in [7, 11) is 4.20. The predicted molar refractivity (Wildman–Crippen MR) is 162 cm³/mol. The van der Waals surface area contributed by atoms with Crippen LogP contribution in [0.15, 0.2) is 24.3 Å². The van der Waals surface area contributed by atoms with E-state index < -0.39 is 0 Å².